The van der Waals surface area contributed by atoms with Crippen molar-refractivity contribution in [3.05, 3.63) is 34.9 Å². The van der Waals surface area contributed by atoms with Gasteiger partial charge in [-0.3, -0.25) is 0 Å². The van der Waals surface area contributed by atoms with Gasteiger partial charge in [0, 0.05) is 30.8 Å². The van der Waals surface area contributed by atoms with Crippen LogP contribution < -0.4 is 0 Å². The van der Waals surface area contributed by atoms with Gasteiger partial charge in [0.15, 0.2) is 0 Å². The molecule has 1 aliphatic rings. The average Bonchev–Trinajstić information content (AvgIpc) is 2.59. The van der Waals surface area contributed by atoms with Gasteiger partial charge in [-0.25, -0.2) is 4.79 Å². The molecule has 1 N–H and O–H groups in total. The van der Waals surface area contributed by atoms with E-state index in [1.54, 1.807) is 36.3 Å². The summed E-state index contributed by atoms with van der Waals surface area (Å²) >= 11 is 6.00. The molecule has 2 rings (SSSR count). The standard InChI is InChI=1S/C17H24ClNO5/c1-22-10-11-23-13-17(21,14-6-5-7-15(18)12-14)24-16(20)19-8-3-2-4-9-19/h5-7,12,21H,2-4,8-11,13H2,1H3/t17-/m0/s1. The number of nitrogens with zero attached hydrogens (tertiary/aromatic N) is 1. The van der Waals surface area contributed by atoms with E-state index in [-0.39, 0.29) is 13.2 Å². The number of amides is 1. The molecule has 0 saturated carbocycles. The van der Waals surface area contributed by atoms with Crippen LogP contribution in [0.1, 0.15) is 24.8 Å². The van der Waals surface area contributed by atoms with Crippen LogP contribution in [0.2, 0.25) is 5.02 Å². The molecule has 1 aromatic carbocycles. The van der Waals surface area contributed by atoms with Gasteiger partial charge in [-0.15, -0.1) is 0 Å². The number of methoxy groups -OCH3 is 1. The van der Waals surface area contributed by atoms with Crippen molar-refractivity contribution < 1.29 is 24.1 Å². The van der Waals surface area contributed by atoms with Crippen molar-refractivity contribution >= 4 is 17.7 Å². The maximum Gasteiger partial charge on any atom is 0.412 e. The quantitative estimate of drug-likeness (QED) is 0.600. The zero-order valence-corrected chi connectivity index (χ0v) is 14.6. The second kappa shape index (κ2) is 9.22. The van der Waals surface area contributed by atoms with Crippen LogP contribution in [0, 0.1) is 0 Å². The summed E-state index contributed by atoms with van der Waals surface area (Å²) in [6.45, 7) is 1.73. The minimum Gasteiger partial charge on any atom is -0.410 e. The van der Waals surface area contributed by atoms with Gasteiger partial charge in [0.1, 0.15) is 6.61 Å². The largest absolute Gasteiger partial charge is 0.412 e. The Morgan fingerprint density at radius 3 is 2.71 bits per heavy atom. The van der Waals surface area contributed by atoms with Gasteiger partial charge in [0.25, 0.3) is 5.79 Å². The van der Waals surface area contributed by atoms with Gasteiger partial charge >= 0.3 is 6.09 Å². The molecule has 0 spiro atoms. The predicted octanol–water partition coefficient (Wildman–Crippen LogP) is 2.77. The molecule has 0 radical (unpaired) electrons. The Morgan fingerprint density at radius 2 is 2.04 bits per heavy atom. The summed E-state index contributed by atoms with van der Waals surface area (Å²) in [5, 5.41) is 11.4. The summed E-state index contributed by atoms with van der Waals surface area (Å²) in [5.74, 6) is -1.90. The first-order chi connectivity index (χ1) is 11.5. The van der Waals surface area contributed by atoms with Crippen LogP contribution >= 0.6 is 11.6 Å². The van der Waals surface area contributed by atoms with E-state index in [9.17, 15) is 9.90 Å². The molecule has 1 aliphatic heterocycles. The molecule has 1 heterocycles. The lowest BCUT2D eigenvalue weighted by Crippen LogP contribution is -2.44. The zero-order valence-electron chi connectivity index (χ0n) is 13.9. The fourth-order valence-corrected chi connectivity index (χ4v) is 2.73. The Labute approximate surface area is 147 Å². The lowest BCUT2D eigenvalue weighted by atomic mass is 10.1. The van der Waals surface area contributed by atoms with Crippen molar-refractivity contribution in [3.63, 3.8) is 0 Å². The highest BCUT2D eigenvalue weighted by molar-refractivity contribution is 6.30. The number of carbonyl (C=O) groups is 1. The van der Waals surface area contributed by atoms with E-state index in [2.05, 4.69) is 0 Å². The maximum absolute atomic E-state index is 12.4. The molecule has 1 fully saturated rings. The van der Waals surface area contributed by atoms with E-state index in [1.807, 2.05) is 0 Å². The van der Waals surface area contributed by atoms with Crippen molar-refractivity contribution in [2.24, 2.45) is 0 Å². The normalized spacial score (nSPS) is 17.4. The van der Waals surface area contributed by atoms with E-state index in [1.165, 1.54) is 0 Å². The van der Waals surface area contributed by atoms with Crippen LogP contribution in [0.15, 0.2) is 24.3 Å². The first-order valence-corrected chi connectivity index (χ1v) is 8.46. The minimum absolute atomic E-state index is 0.198. The molecule has 0 unspecified atom stereocenters. The lowest BCUT2D eigenvalue weighted by molar-refractivity contribution is -0.212. The van der Waals surface area contributed by atoms with Crippen molar-refractivity contribution in [2.45, 2.75) is 25.0 Å². The summed E-state index contributed by atoms with van der Waals surface area (Å²) in [7, 11) is 1.56. The van der Waals surface area contributed by atoms with Gasteiger partial charge in [0.05, 0.1) is 13.2 Å². The van der Waals surface area contributed by atoms with Crippen molar-refractivity contribution in [3.8, 4) is 0 Å². The highest BCUT2D eigenvalue weighted by Crippen LogP contribution is 2.27. The zero-order chi connectivity index (χ0) is 17.4. The van der Waals surface area contributed by atoms with Gasteiger partial charge in [0.2, 0.25) is 0 Å². The van der Waals surface area contributed by atoms with Crippen molar-refractivity contribution in [1.82, 2.24) is 4.90 Å². The third-order valence-electron chi connectivity index (χ3n) is 3.88. The number of aliphatic hydroxyl groups is 1. The molecule has 1 aromatic rings. The third-order valence-corrected chi connectivity index (χ3v) is 4.11. The molecule has 1 amide bonds. The summed E-state index contributed by atoms with van der Waals surface area (Å²) in [5.41, 5.74) is 0.373. The van der Waals surface area contributed by atoms with Crippen LogP contribution in [0.3, 0.4) is 0 Å². The number of halogens is 1. The SMILES string of the molecule is COCCOC[C@](O)(OC(=O)N1CCCCC1)c1cccc(Cl)c1. The molecule has 1 atom stereocenters. The second-order valence-electron chi connectivity index (χ2n) is 5.76. The summed E-state index contributed by atoms with van der Waals surface area (Å²) in [6.07, 6.45) is 2.43. The van der Waals surface area contributed by atoms with Crippen LogP contribution in [-0.2, 0) is 20.0 Å². The van der Waals surface area contributed by atoms with Gasteiger partial charge < -0.3 is 24.2 Å². The fraction of sp³-hybridized carbons (Fsp3) is 0.588. The first-order valence-electron chi connectivity index (χ1n) is 8.08. The average molecular weight is 358 g/mol. The number of hydrogen-bond acceptors (Lipinski definition) is 5. The monoisotopic (exact) mass is 357 g/mol. The van der Waals surface area contributed by atoms with E-state index in [0.717, 1.165) is 19.3 Å². The van der Waals surface area contributed by atoms with Gasteiger partial charge in [-0.2, -0.15) is 0 Å². The first kappa shape index (κ1) is 19.0. The highest BCUT2D eigenvalue weighted by atomic mass is 35.5. The van der Waals surface area contributed by atoms with Gasteiger partial charge in [-0.05, 0) is 31.4 Å². The molecule has 1 saturated heterocycles. The Balaban J connectivity index is 2.10. The summed E-state index contributed by atoms with van der Waals surface area (Å²) in [4.78, 5) is 14.0. The molecule has 0 aromatic heterocycles. The molecular weight excluding hydrogens is 334 g/mol. The Morgan fingerprint density at radius 1 is 1.29 bits per heavy atom. The molecular formula is C17H24ClNO5. The maximum atomic E-state index is 12.4. The van der Waals surface area contributed by atoms with Crippen molar-refractivity contribution in [1.29, 1.82) is 0 Å². The minimum atomic E-state index is -1.90. The lowest BCUT2D eigenvalue weighted by Gasteiger charge is -2.33. The fourth-order valence-electron chi connectivity index (χ4n) is 2.54. The smallest absolute Gasteiger partial charge is 0.410 e. The van der Waals surface area contributed by atoms with E-state index in [4.69, 9.17) is 25.8 Å². The third kappa shape index (κ3) is 5.34. The molecule has 0 bridgehead atoms. The summed E-state index contributed by atoms with van der Waals surface area (Å²) in [6, 6.07) is 6.58. The molecule has 134 valence electrons. The number of likely N-dealkylation sites (tertiary alicyclic amines) is 1. The topological polar surface area (TPSA) is 68.2 Å². The Bertz CT molecular complexity index is 535. The van der Waals surface area contributed by atoms with E-state index >= 15 is 0 Å². The van der Waals surface area contributed by atoms with E-state index < -0.39 is 11.9 Å². The van der Waals surface area contributed by atoms with Crippen LogP contribution in [-0.4, -0.2) is 56.1 Å². The van der Waals surface area contributed by atoms with E-state index in [0.29, 0.717) is 30.3 Å². The molecule has 24 heavy (non-hydrogen) atoms. The number of rotatable bonds is 7. The molecule has 7 heteroatoms. The Kier molecular flexibility index (Phi) is 7.30. The van der Waals surface area contributed by atoms with Crippen LogP contribution in [0.5, 0.6) is 0 Å². The highest BCUT2D eigenvalue weighted by Gasteiger charge is 2.36. The van der Waals surface area contributed by atoms with Crippen LogP contribution in [0.4, 0.5) is 4.79 Å². The Hall–Kier alpha value is -1.34. The van der Waals surface area contributed by atoms with Crippen molar-refractivity contribution in [2.75, 3.05) is 40.0 Å². The summed E-state index contributed by atoms with van der Waals surface area (Å²) < 4.78 is 15.7. The number of piperidine rings is 1. The number of ether oxygens (including phenoxy) is 3. The number of hydrogen-bond donors (Lipinski definition) is 1. The second-order valence-corrected chi connectivity index (χ2v) is 6.19. The van der Waals surface area contributed by atoms with Crippen LogP contribution in [0.25, 0.3) is 0 Å². The molecule has 0 aliphatic carbocycles. The number of benzene rings is 1. The molecule has 6 nitrogen and oxygen atoms in total. The van der Waals surface area contributed by atoms with Gasteiger partial charge in [-0.1, -0.05) is 23.7 Å². The predicted molar refractivity (Wildman–Crippen MR) is 89.9 cm³/mol. The number of carbonyl (C=O) groups excluding carboxylic acids is 1.